The van der Waals surface area contributed by atoms with Gasteiger partial charge in [-0.25, -0.2) is 0 Å². The average molecular weight is 220 g/mol. The minimum Gasteiger partial charge on any atom is -0.377 e. The Morgan fingerprint density at radius 1 is 1.08 bits per heavy atom. The molecular weight excluding hydrogens is 200 g/mol. The maximum Gasteiger partial charge on any atom is 0.466 e. The number of hydrogen-bond donors (Lipinski definition) is 0. The highest BCUT2D eigenvalue weighted by molar-refractivity contribution is 7.16. The summed E-state index contributed by atoms with van der Waals surface area (Å²) < 4.78 is 16.9. The molecule has 0 rings (SSSR count). The van der Waals surface area contributed by atoms with E-state index < -0.39 is 17.4 Å². The van der Waals surface area contributed by atoms with Crippen LogP contribution >= 0.6 is 0 Å². The zero-order chi connectivity index (χ0) is 10.2. The van der Waals surface area contributed by atoms with Crippen molar-refractivity contribution in [3.05, 3.63) is 12.3 Å². The maximum atomic E-state index is 5.64. The van der Waals surface area contributed by atoms with Gasteiger partial charge in [-0.3, -0.25) is 0 Å². The molecule has 3 nitrogen and oxygen atoms in total. The third kappa shape index (κ3) is 4.73. The van der Waals surface area contributed by atoms with Crippen molar-refractivity contribution in [3.63, 3.8) is 0 Å². The molecule has 0 N–H and O–H groups in total. The molecule has 0 aliphatic rings. The second kappa shape index (κ2) is 7.46. The van der Waals surface area contributed by atoms with Crippen molar-refractivity contribution >= 4 is 17.4 Å². The summed E-state index contributed by atoms with van der Waals surface area (Å²) in [6, 6.07) is 0. The number of hydrogen-bond acceptors (Lipinski definition) is 3. The molecule has 0 saturated heterocycles. The van der Waals surface area contributed by atoms with Gasteiger partial charge in [0.1, 0.15) is 9.04 Å². The van der Waals surface area contributed by atoms with Crippen molar-refractivity contribution in [1.29, 1.82) is 0 Å². The van der Waals surface area contributed by atoms with Crippen LogP contribution in [0.2, 0.25) is 0 Å². The lowest BCUT2D eigenvalue weighted by Crippen LogP contribution is -2.51. The summed E-state index contributed by atoms with van der Waals surface area (Å²) in [5.74, 6) is 0. The van der Waals surface area contributed by atoms with Gasteiger partial charge in [-0.15, -0.1) is 12.3 Å². The Morgan fingerprint density at radius 2 is 1.46 bits per heavy atom. The van der Waals surface area contributed by atoms with Gasteiger partial charge < -0.3 is 13.3 Å². The van der Waals surface area contributed by atoms with E-state index >= 15 is 0 Å². The quantitative estimate of drug-likeness (QED) is 0.568. The number of rotatable bonds is 8. The van der Waals surface area contributed by atoms with Gasteiger partial charge in [-0.2, -0.15) is 0 Å². The van der Waals surface area contributed by atoms with E-state index in [1.54, 1.807) is 0 Å². The Hall–Kier alpha value is 0.0538. The SMILES string of the molecule is C=C[SiH2][Si](OCC)(OCC)OCC. The van der Waals surface area contributed by atoms with E-state index in [0.717, 1.165) is 0 Å². The van der Waals surface area contributed by atoms with E-state index in [2.05, 4.69) is 6.58 Å². The van der Waals surface area contributed by atoms with Gasteiger partial charge >= 0.3 is 8.32 Å². The standard InChI is InChI=1S/C8H20O3Si2/c1-5-9-13(10-6-2,11-7-3)12-8-4/h8H,4-7,12H2,1-3H3. The van der Waals surface area contributed by atoms with E-state index in [0.29, 0.717) is 19.8 Å². The van der Waals surface area contributed by atoms with Gasteiger partial charge in [0.15, 0.2) is 0 Å². The zero-order valence-corrected chi connectivity index (χ0v) is 11.3. The summed E-state index contributed by atoms with van der Waals surface area (Å²) in [5.41, 5.74) is 1.94. The van der Waals surface area contributed by atoms with Crippen LogP contribution in [0, 0.1) is 0 Å². The van der Waals surface area contributed by atoms with Gasteiger partial charge in [0.25, 0.3) is 0 Å². The molecule has 0 fully saturated rings. The summed E-state index contributed by atoms with van der Waals surface area (Å²) >= 11 is 0. The monoisotopic (exact) mass is 220 g/mol. The fourth-order valence-electron chi connectivity index (χ4n) is 1.14. The molecule has 78 valence electrons. The summed E-state index contributed by atoms with van der Waals surface area (Å²) in [4.78, 5) is 0. The van der Waals surface area contributed by atoms with Gasteiger partial charge in [0, 0.05) is 19.8 Å². The summed E-state index contributed by atoms with van der Waals surface area (Å²) in [6.45, 7) is 11.6. The summed E-state index contributed by atoms with van der Waals surface area (Å²) in [6.07, 6.45) is 0. The molecule has 0 radical (unpaired) electrons. The first-order valence-electron chi connectivity index (χ1n) is 4.77. The Bertz CT molecular complexity index is 124. The lowest BCUT2D eigenvalue weighted by molar-refractivity contribution is 0.0933. The summed E-state index contributed by atoms with van der Waals surface area (Å²) in [5, 5.41) is 0. The average Bonchev–Trinajstić information content (AvgIpc) is 2.06. The molecule has 0 aliphatic carbocycles. The molecule has 0 aromatic rings. The molecule has 0 aliphatic heterocycles. The minimum atomic E-state index is -2.27. The molecular formula is C8H20O3Si2. The van der Waals surface area contributed by atoms with Crippen LogP contribution in [0.25, 0.3) is 0 Å². The van der Waals surface area contributed by atoms with Crippen molar-refractivity contribution < 1.29 is 13.3 Å². The van der Waals surface area contributed by atoms with Gasteiger partial charge in [0.05, 0.1) is 0 Å². The third-order valence-corrected chi connectivity index (χ3v) is 8.66. The molecule has 0 amide bonds. The Kier molecular flexibility index (Phi) is 7.49. The maximum absolute atomic E-state index is 5.64. The summed E-state index contributed by atoms with van der Waals surface area (Å²) in [7, 11) is -2.84. The van der Waals surface area contributed by atoms with Crippen LogP contribution in [0.15, 0.2) is 12.3 Å². The fraction of sp³-hybridized carbons (Fsp3) is 0.750. The normalized spacial score (nSPS) is 12.5. The van der Waals surface area contributed by atoms with Gasteiger partial charge in [0.2, 0.25) is 0 Å². The van der Waals surface area contributed by atoms with Crippen LogP contribution < -0.4 is 0 Å². The van der Waals surface area contributed by atoms with E-state index in [-0.39, 0.29) is 0 Å². The molecule has 0 aromatic carbocycles. The molecule has 0 unspecified atom stereocenters. The van der Waals surface area contributed by atoms with E-state index in [1.165, 1.54) is 0 Å². The first kappa shape index (κ1) is 13.1. The molecule has 5 heteroatoms. The van der Waals surface area contributed by atoms with E-state index in [4.69, 9.17) is 13.3 Å². The van der Waals surface area contributed by atoms with E-state index in [1.807, 2.05) is 26.5 Å². The lowest BCUT2D eigenvalue weighted by Gasteiger charge is -2.27. The van der Waals surface area contributed by atoms with Gasteiger partial charge in [-0.1, -0.05) is 0 Å². The van der Waals surface area contributed by atoms with Crippen LogP contribution in [0.4, 0.5) is 0 Å². The van der Waals surface area contributed by atoms with Crippen LogP contribution in [0.3, 0.4) is 0 Å². The third-order valence-electron chi connectivity index (χ3n) is 1.49. The molecule has 0 heterocycles. The smallest absolute Gasteiger partial charge is 0.377 e. The van der Waals surface area contributed by atoms with Crippen LogP contribution in [-0.4, -0.2) is 37.2 Å². The lowest BCUT2D eigenvalue weighted by atomic mass is 10.9. The second-order valence-electron chi connectivity index (χ2n) is 2.47. The predicted molar refractivity (Wildman–Crippen MR) is 59.4 cm³/mol. The van der Waals surface area contributed by atoms with Gasteiger partial charge in [-0.05, 0) is 20.8 Å². The van der Waals surface area contributed by atoms with Crippen molar-refractivity contribution in [2.45, 2.75) is 20.8 Å². The Morgan fingerprint density at radius 3 is 1.69 bits per heavy atom. The Balaban J connectivity index is 4.27. The highest BCUT2D eigenvalue weighted by atomic mass is 29.2. The minimum absolute atomic E-state index is 0.568. The first-order valence-corrected chi connectivity index (χ1v) is 9.64. The first-order chi connectivity index (χ1) is 6.24. The Labute approximate surface area is 84.1 Å². The zero-order valence-electron chi connectivity index (χ0n) is 8.84. The fourth-order valence-corrected chi connectivity index (χ4v) is 7.37. The molecule has 0 atom stereocenters. The van der Waals surface area contributed by atoms with Crippen molar-refractivity contribution in [2.24, 2.45) is 0 Å². The molecule has 0 spiro atoms. The van der Waals surface area contributed by atoms with Crippen LogP contribution in [0.5, 0.6) is 0 Å². The van der Waals surface area contributed by atoms with Crippen LogP contribution in [0.1, 0.15) is 20.8 Å². The van der Waals surface area contributed by atoms with E-state index in [9.17, 15) is 0 Å². The molecule has 0 aromatic heterocycles. The topological polar surface area (TPSA) is 27.7 Å². The second-order valence-corrected chi connectivity index (χ2v) is 9.52. The molecule has 13 heavy (non-hydrogen) atoms. The highest BCUT2D eigenvalue weighted by Crippen LogP contribution is 2.08. The van der Waals surface area contributed by atoms with Crippen molar-refractivity contribution in [3.8, 4) is 0 Å². The van der Waals surface area contributed by atoms with Crippen LogP contribution in [-0.2, 0) is 13.3 Å². The van der Waals surface area contributed by atoms with Crippen molar-refractivity contribution in [2.75, 3.05) is 19.8 Å². The largest absolute Gasteiger partial charge is 0.466 e. The van der Waals surface area contributed by atoms with Crippen molar-refractivity contribution in [1.82, 2.24) is 0 Å². The molecule has 0 bridgehead atoms. The highest BCUT2D eigenvalue weighted by Gasteiger charge is 2.38. The predicted octanol–water partition coefficient (Wildman–Crippen LogP) is 0.844. The molecule has 0 saturated carbocycles.